The molecular weight excluding hydrogens is 245 g/mol. The second-order valence-corrected chi connectivity index (χ2v) is 5.35. The SMILES string of the molecule is O=S(=O)(c1ccccc1)[C@H]1O[C@@H]1C(F)(F)F. The summed E-state index contributed by atoms with van der Waals surface area (Å²) in [4.78, 5) is -0.160. The van der Waals surface area contributed by atoms with E-state index in [2.05, 4.69) is 4.74 Å². The van der Waals surface area contributed by atoms with Crippen molar-refractivity contribution >= 4 is 9.84 Å². The number of alkyl halides is 3. The lowest BCUT2D eigenvalue weighted by Crippen LogP contribution is -2.22. The summed E-state index contributed by atoms with van der Waals surface area (Å²) in [5, 5.41) is 0. The van der Waals surface area contributed by atoms with Crippen LogP contribution in [-0.4, -0.2) is 26.1 Å². The van der Waals surface area contributed by atoms with Gasteiger partial charge in [-0.15, -0.1) is 0 Å². The molecule has 0 aromatic heterocycles. The van der Waals surface area contributed by atoms with Gasteiger partial charge < -0.3 is 4.74 Å². The Morgan fingerprint density at radius 1 is 1.12 bits per heavy atom. The van der Waals surface area contributed by atoms with E-state index in [-0.39, 0.29) is 4.90 Å². The molecule has 0 aliphatic carbocycles. The zero-order valence-electron chi connectivity index (χ0n) is 7.81. The number of ether oxygens (including phenoxy) is 1. The lowest BCUT2D eigenvalue weighted by molar-refractivity contribution is -0.146. The van der Waals surface area contributed by atoms with Crippen LogP contribution in [0.3, 0.4) is 0 Å². The molecule has 16 heavy (non-hydrogen) atoms. The predicted octanol–water partition coefficient (Wildman–Crippen LogP) is 1.75. The second-order valence-electron chi connectivity index (χ2n) is 3.32. The van der Waals surface area contributed by atoms with Crippen LogP contribution in [0, 0.1) is 0 Å². The van der Waals surface area contributed by atoms with Crippen molar-refractivity contribution in [2.24, 2.45) is 0 Å². The Morgan fingerprint density at radius 3 is 2.12 bits per heavy atom. The van der Waals surface area contributed by atoms with E-state index < -0.39 is 27.6 Å². The Labute approximate surface area is 89.8 Å². The first-order chi connectivity index (χ1) is 7.33. The average Bonchev–Trinajstić information content (AvgIpc) is 2.98. The number of epoxide rings is 1. The summed E-state index contributed by atoms with van der Waals surface area (Å²) >= 11 is 0. The third-order valence-corrected chi connectivity index (χ3v) is 4.05. The zero-order chi connectivity index (χ0) is 12.0. The highest BCUT2D eigenvalue weighted by Gasteiger charge is 2.64. The molecule has 2 rings (SSSR count). The van der Waals surface area contributed by atoms with Gasteiger partial charge in [-0.25, -0.2) is 8.42 Å². The molecule has 1 saturated heterocycles. The number of sulfone groups is 1. The molecule has 0 saturated carbocycles. The summed E-state index contributed by atoms with van der Waals surface area (Å²) in [6.45, 7) is 0. The third kappa shape index (κ3) is 1.92. The van der Waals surface area contributed by atoms with E-state index in [4.69, 9.17) is 0 Å². The van der Waals surface area contributed by atoms with Crippen molar-refractivity contribution in [3.8, 4) is 0 Å². The minimum atomic E-state index is -4.63. The molecule has 1 aromatic rings. The molecule has 1 aromatic carbocycles. The Hall–Kier alpha value is -1.08. The molecule has 1 heterocycles. The summed E-state index contributed by atoms with van der Waals surface area (Å²) in [6.07, 6.45) is -6.83. The van der Waals surface area contributed by atoms with Gasteiger partial charge in [0.2, 0.25) is 9.84 Å². The Kier molecular flexibility index (Phi) is 2.47. The van der Waals surface area contributed by atoms with Crippen LogP contribution in [0.4, 0.5) is 13.2 Å². The van der Waals surface area contributed by atoms with Crippen LogP contribution >= 0.6 is 0 Å². The first-order valence-corrected chi connectivity index (χ1v) is 5.89. The van der Waals surface area contributed by atoms with E-state index >= 15 is 0 Å². The van der Waals surface area contributed by atoms with Crippen molar-refractivity contribution in [2.75, 3.05) is 0 Å². The topological polar surface area (TPSA) is 46.7 Å². The molecule has 0 unspecified atom stereocenters. The summed E-state index contributed by atoms with van der Waals surface area (Å²) in [7, 11) is -4.04. The van der Waals surface area contributed by atoms with Crippen molar-refractivity contribution in [1.29, 1.82) is 0 Å². The van der Waals surface area contributed by atoms with Crippen LogP contribution in [0.25, 0.3) is 0 Å². The molecule has 88 valence electrons. The molecule has 0 bridgehead atoms. The van der Waals surface area contributed by atoms with Crippen molar-refractivity contribution in [1.82, 2.24) is 0 Å². The molecular formula is C9H7F3O3S. The molecule has 1 aliphatic heterocycles. The van der Waals surface area contributed by atoms with Gasteiger partial charge in [0.1, 0.15) is 0 Å². The molecule has 0 amide bonds. The number of halogens is 3. The van der Waals surface area contributed by atoms with Gasteiger partial charge in [-0.3, -0.25) is 0 Å². The molecule has 1 aliphatic rings. The van der Waals surface area contributed by atoms with Crippen LogP contribution in [0.2, 0.25) is 0 Å². The Morgan fingerprint density at radius 2 is 1.69 bits per heavy atom. The van der Waals surface area contributed by atoms with Gasteiger partial charge in [0.25, 0.3) is 0 Å². The summed E-state index contributed by atoms with van der Waals surface area (Å²) in [5.41, 5.74) is -1.80. The van der Waals surface area contributed by atoms with Crippen LogP contribution in [0.5, 0.6) is 0 Å². The fraction of sp³-hybridized carbons (Fsp3) is 0.333. The number of hydrogen-bond donors (Lipinski definition) is 0. The van der Waals surface area contributed by atoms with Gasteiger partial charge in [-0.05, 0) is 12.1 Å². The highest BCUT2D eigenvalue weighted by molar-refractivity contribution is 7.92. The standard InChI is InChI=1S/C9H7F3O3S/c10-9(11,12)7-8(15-7)16(13,14)6-4-2-1-3-5-6/h1-5,7-8H/t7-,8+/m0/s1. The van der Waals surface area contributed by atoms with Crippen LogP contribution in [0.15, 0.2) is 35.2 Å². The Balaban J connectivity index is 2.25. The highest BCUT2D eigenvalue weighted by atomic mass is 32.2. The summed E-state index contributed by atoms with van der Waals surface area (Å²) in [5.74, 6) is 0. The average molecular weight is 252 g/mol. The first kappa shape index (κ1) is 11.4. The van der Waals surface area contributed by atoms with E-state index in [1.807, 2.05) is 0 Å². The molecule has 2 atom stereocenters. The van der Waals surface area contributed by atoms with Crippen LogP contribution in [-0.2, 0) is 14.6 Å². The quantitative estimate of drug-likeness (QED) is 0.753. The van der Waals surface area contributed by atoms with Gasteiger partial charge in [-0.1, -0.05) is 18.2 Å². The minimum Gasteiger partial charge on any atom is -0.342 e. The monoisotopic (exact) mass is 252 g/mol. The maximum Gasteiger partial charge on any atom is 0.418 e. The smallest absolute Gasteiger partial charge is 0.342 e. The third-order valence-electron chi connectivity index (χ3n) is 2.15. The second kappa shape index (κ2) is 3.46. The van der Waals surface area contributed by atoms with Gasteiger partial charge >= 0.3 is 6.18 Å². The van der Waals surface area contributed by atoms with E-state index in [0.717, 1.165) is 0 Å². The van der Waals surface area contributed by atoms with Crippen LogP contribution in [0.1, 0.15) is 0 Å². The molecule has 7 heteroatoms. The van der Waals surface area contributed by atoms with Crippen LogP contribution < -0.4 is 0 Å². The van der Waals surface area contributed by atoms with Gasteiger partial charge in [0.15, 0.2) is 11.5 Å². The molecule has 0 spiro atoms. The van der Waals surface area contributed by atoms with Crippen molar-refractivity contribution in [3.05, 3.63) is 30.3 Å². The van der Waals surface area contributed by atoms with Gasteiger partial charge in [0.05, 0.1) is 4.90 Å². The van der Waals surface area contributed by atoms with Gasteiger partial charge in [-0.2, -0.15) is 13.2 Å². The molecule has 1 fully saturated rings. The molecule has 0 N–H and O–H groups in total. The first-order valence-electron chi connectivity index (χ1n) is 4.34. The normalized spacial score (nSPS) is 25.4. The summed E-state index contributed by atoms with van der Waals surface area (Å²) in [6, 6.07) is 6.94. The minimum absolute atomic E-state index is 0.160. The highest BCUT2D eigenvalue weighted by Crippen LogP contribution is 2.42. The van der Waals surface area contributed by atoms with Crippen molar-refractivity contribution in [2.45, 2.75) is 22.6 Å². The molecule has 0 radical (unpaired) electrons. The van der Waals surface area contributed by atoms with E-state index in [1.54, 1.807) is 6.07 Å². The number of hydrogen-bond acceptors (Lipinski definition) is 3. The van der Waals surface area contributed by atoms with Crippen molar-refractivity contribution < 1.29 is 26.3 Å². The van der Waals surface area contributed by atoms with Crippen molar-refractivity contribution in [3.63, 3.8) is 0 Å². The maximum atomic E-state index is 12.1. The fourth-order valence-corrected chi connectivity index (χ4v) is 2.86. The fourth-order valence-electron chi connectivity index (χ4n) is 1.31. The predicted molar refractivity (Wildman–Crippen MR) is 48.3 cm³/mol. The lowest BCUT2D eigenvalue weighted by Gasteiger charge is -2.02. The van der Waals surface area contributed by atoms with E-state index in [1.165, 1.54) is 24.3 Å². The zero-order valence-corrected chi connectivity index (χ0v) is 8.62. The van der Waals surface area contributed by atoms with Gasteiger partial charge in [0, 0.05) is 0 Å². The summed E-state index contributed by atoms with van der Waals surface area (Å²) < 4.78 is 63.9. The number of benzene rings is 1. The Bertz CT molecular complexity index is 480. The van der Waals surface area contributed by atoms with E-state index in [0.29, 0.717) is 0 Å². The molecule has 3 nitrogen and oxygen atoms in total. The maximum absolute atomic E-state index is 12.1. The lowest BCUT2D eigenvalue weighted by atomic mass is 10.4. The van der Waals surface area contributed by atoms with E-state index in [9.17, 15) is 21.6 Å². The largest absolute Gasteiger partial charge is 0.418 e. The number of rotatable bonds is 2.